The summed E-state index contributed by atoms with van der Waals surface area (Å²) in [4.78, 5) is 11.2. The lowest BCUT2D eigenvalue weighted by atomic mass is 10.1. The number of hydrogen-bond acceptors (Lipinski definition) is 7. The molecule has 0 aliphatic heterocycles. The number of thioether (sulfide) groups is 1. The molecular formula is C25H20BrCl2FN4O4S. The van der Waals surface area contributed by atoms with Crippen molar-refractivity contribution in [1.82, 2.24) is 14.8 Å². The van der Waals surface area contributed by atoms with Crippen molar-refractivity contribution in [2.24, 2.45) is 0 Å². The van der Waals surface area contributed by atoms with Crippen LogP contribution in [0.5, 0.6) is 11.5 Å². The molecule has 0 aliphatic carbocycles. The second-order valence-electron chi connectivity index (χ2n) is 8.03. The van der Waals surface area contributed by atoms with Crippen molar-refractivity contribution in [3.05, 3.63) is 102 Å². The number of benzene rings is 3. The molecule has 0 spiro atoms. The monoisotopic (exact) mass is 640 g/mol. The smallest absolute Gasteiger partial charge is 0.220 e. The number of ether oxygens (including phenoxy) is 2. The third kappa shape index (κ3) is 6.58. The van der Waals surface area contributed by atoms with Crippen LogP contribution in [-0.2, 0) is 6.61 Å². The molecular weight excluding hydrogens is 622 g/mol. The predicted molar refractivity (Wildman–Crippen MR) is 148 cm³/mol. The van der Waals surface area contributed by atoms with Gasteiger partial charge in [0.2, 0.25) is 6.54 Å². The van der Waals surface area contributed by atoms with Crippen LogP contribution >= 0.6 is 50.9 Å². The number of aromatic nitrogens is 3. The van der Waals surface area contributed by atoms with E-state index in [9.17, 15) is 14.5 Å². The summed E-state index contributed by atoms with van der Waals surface area (Å²) in [6.07, 6.45) is 0. The number of nitro groups is 1. The Morgan fingerprint density at radius 2 is 1.87 bits per heavy atom. The highest BCUT2D eigenvalue weighted by molar-refractivity contribution is 9.10. The molecule has 0 bridgehead atoms. The maximum Gasteiger partial charge on any atom is 0.220 e. The summed E-state index contributed by atoms with van der Waals surface area (Å²) in [5.74, 6) is 0.999. The van der Waals surface area contributed by atoms with Crippen LogP contribution in [0.25, 0.3) is 5.69 Å². The van der Waals surface area contributed by atoms with Gasteiger partial charge < -0.3 is 9.47 Å². The van der Waals surface area contributed by atoms with E-state index in [0.717, 1.165) is 5.56 Å². The van der Waals surface area contributed by atoms with E-state index in [1.54, 1.807) is 54.0 Å². The molecule has 1 aromatic heterocycles. The highest BCUT2D eigenvalue weighted by atomic mass is 79.9. The average Bonchev–Trinajstić information content (AvgIpc) is 3.24. The first-order chi connectivity index (χ1) is 18.2. The van der Waals surface area contributed by atoms with Crippen LogP contribution in [0.15, 0.2) is 64.2 Å². The van der Waals surface area contributed by atoms with Crippen LogP contribution in [0, 0.1) is 22.9 Å². The molecule has 1 atom stereocenters. The van der Waals surface area contributed by atoms with E-state index >= 15 is 0 Å². The number of methoxy groups -OCH3 is 1. The van der Waals surface area contributed by atoms with Gasteiger partial charge in [0, 0.05) is 10.6 Å². The van der Waals surface area contributed by atoms with Crippen molar-refractivity contribution in [2.45, 2.75) is 23.9 Å². The number of rotatable bonds is 10. The topological polar surface area (TPSA) is 92.3 Å². The van der Waals surface area contributed by atoms with Crippen molar-refractivity contribution in [3.63, 3.8) is 0 Å². The summed E-state index contributed by atoms with van der Waals surface area (Å²) in [6.45, 7) is 1.56. The summed E-state index contributed by atoms with van der Waals surface area (Å²) in [7, 11) is 1.49. The van der Waals surface area contributed by atoms with E-state index in [2.05, 4.69) is 26.1 Å². The quantitative estimate of drug-likeness (QED) is 0.101. The van der Waals surface area contributed by atoms with Crippen molar-refractivity contribution < 1.29 is 18.8 Å². The lowest BCUT2D eigenvalue weighted by Gasteiger charge is -2.18. The van der Waals surface area contributed by atoms with Gasteiger partial charge in [0.05, 0.1) is 21.6 Å². The Morgan fingerprint density at radius 3 is 2.53 bits per heavy atom. The van der Waals surface area contributed by atoms with Gasteiger partial charge in [-0.1, -0.05) is 41.0 Å². The Balaban J connectivity index is 1.64. The highest BCUT2D eigenvalue weighted by Crippen LogP contribution is 2.43. The molecule has 0 saturated carbocycles. The maximum absolute atomic E-state index is 13.5. The standard InChI is InChI=1S/C25H20BrCl2FN4O4S/c1-14-30-31-25(33(14)18-6-4-17(29)5-7-18)38-23(12-32(34)35)16-10-19(26)24(22(11-16)36-2)37-13-15-3-8-20(27)21(28)9-15/h3-11,23H,12-13H2,1-2H3/t23-/m1/s1. The fourth-order valence-corrected chi connectivity index (χ4v) is 5.68. The minimum atomic E-state index is -0.651. The maximum atomic E-state index is 13.5. The number of hydrogen-bond donors (Lipinski definition) is 0. The van der Waals surface area contributed by atoms with Crippen LogP contribution in [0.4, 0.5) is 4.39 Å². The Bertz CT molecular complexity index is 1470. The first-order valence-corrected chi connectivity index (χ1v) is 13.5. The number of nitrogens with zero attached hydrogens (tertiary/aromatic N) is 4. The summed E-state index contributed by atoms with van der Waals surface area (Å²) in [5, 5.41) is 20.6. The van der Waals surface area contributed by atoms with Gasteiger partial charge in [0.25, 0.3) is 0 Å². The highest BCUT2D eigenvalue weighted by Gasteiger charge is 2.26. The van der Waals surface area contributed by atoms with Crippen LogP contribution in [0.1, 0.15) is 22.2 Å². The molecule has 3 aromatic carbocycles. The zero-order valence-corrected chi connectivity index (χ0v) is 23.9. The van der Waals surface area contributed by atoms with Crippen molar-refractivity contribution in [2.75, 3.05) is 13.7 Å². The van der Waals surface area contributed by atoms with Gasteiger partial charge in [-0.2, -0.15) is 0 Å². The van der Waals surface area contributed by atoms with Crippen LogP contribution in [0.2, 0.25) is 10.0 Å². The lowest BCUT2D eigenvalue weighted by Crippen LogP contribution is -2.12. The van der Waals surface area contributed by atoms with E-state index in [1.807, 2.05) is 0 Å². The summed E-state index contributed by atoms with van der Waals surface area (Å²) in [6, 6.07) is 14.5. The Labute approximate surface area is 240 Å². The number of aryl methyl sites for hydroxylation is 1. The van der Waals surface area contributed by atoms with Crippen molar-refractivity contribution >= 4 is 50.9 Å². The minimum absolute atomic E-state index is 0.193. The largest absolute Gasteiger partial charge is 0.493 e. The van der Waals surface area contributed by atoms with E-state index in [1.165, 1.54) is 31.0 Å². The molecule has 8 nitrogen and oxygen atoms in total. The van der Waals surface area contributed by atoms with Gasteiger partial charge >= 0.3 is 0 Å². The fourth-order valence-electron chi connectivity index (χ4n) is 3.63. The predicted octanol–water partition coefficient (Wildman–Crippen LogP) is 7.48. The summed E-state index contributed by atoms with van der Waals surface area (Å²) < 4.78 is 27.3. The summed E-state index contributed by atoms with van der Waals surface area (Å²) >= 11 is 16.8. The normalized spacial score (nSPS) is 11.8. The van der Waals surface area contributed by atoms with E-state index < -0.39 is 10.2 Å². The van der Waals surface area contributed by atoms with Gasteiger partial charge in [0.1, 0.15) is 23.5 Å². The number of halogens is 4. The zero-order valence-electron chi connectivity index (χ0n) is 20.0. The van der Waals surface area contributed by atoms with E-state index in [4.69, 9.17) is 32.7 Å². The van der Waals surface area contributed by atoms with Gasteiger partial charge in [0.15, 0.2) is 16.7 Å². The van der Waals surface area contributed by atoms with Gasteiger partial charge in [-0.15, -0.1) is 10.2 Å². The molecule has 0 fully saturated rings. The van der Waals surface area contributed by atoms with E-state index in [-0.39, 0.29) is 19.0 Å². The SMILES string of the molecule is COc1cc([C@@H](C[N+](=O)[O-])Sc2nnc(C)n2-c2ccc(F)cc2)cc(Br)c1OCc1ccc(Cl)c(Cl)c1. The minimum Gasteiger partial charge on any atom is -0.493 e. The second kappa shape index (κ2) is 12.3. The molecule has 0 radical (unpaired) electrons. The molecule has 4 rings (SSSR count). The Morgan fingerprint density at radius 1 is 1.13 bits per heavy atom. The molecule has 13 heteroatoms. The van der Waals surface area contributed by atoms with Crippen LogP contribution in [0.3, 0.4) is 0 Å². The lowest BCUT2D eigenvalue weighted by molar-refractivity contribution is -0.479. The summed E-state index contributed by atoms with van der Waals surface area (Å²) in [5.41, 5.74) is 2.05. The molecule has 4 aromatic rings. The van der Waals surface area contributed by atoms with E-state index in [0.29, 0.717) is 48.2 Å². The van der Waals surface area contributed by atoms with Crippen LogP contribution < -0.4 is 9.47 Å². The third-order valence-electron chi connectivity index (χ3n) is 5.43. The molecule has 0 aliphatic rings. The van der Waals surface area contributed by atoms with Crippen molar-refractivity contribution in [1.29, 1.82) is 0 Å². The molecule has 0 amide bonds. The van der Waals surface area contributed by atoms with Gasteiger partial charge in [-0.3, -0.25) is 14.7 Å². The first-order valence-electron chi connectivity index (χ1n) is 11.1. The molecule has 1 heterocycles. The molecule has 38 heavy (non-hydrogen) atoms. The fraction of sp³-hybridized carbons (Fsp3) is 0.200. The molecule has 0 unspecified atom stereocenters. The van der Waals surface area contributed by atoms with Gasteiger partial charge in [-0.05, 0) is 82.5 Å². The molecule has 198 valence electrons. The van der Waals surface area contributed by atoms with Crippen molar-refractivity contribution in [3.8, 4) is 17.2 Å². The second-order valence-corrected chi connectivity index (χ2v) is 10.9. The Kier molecular flexibility index (Phi) is 9.14. The Hall–Kier alpha value is -2.86. The molecule has 0 saturated heterocycles. The first kappa shape index (κ1) is 28.2. The van der Waals surface area contributed by atoms with Crippen LogP contribution in [-0.4, -0.2) is 33.3 Å². The average molecular weight is 642 g/mol. The zero-order chi connectivity index (χ0) is 27.4. The third-order valence-corrected chi connectivity index (χ3v) is 7.94. The van der Waals surface area contributed by atoms with Gasteiger partial charge in [-0.25, -0.2) is 4.39 Å². The molecule has 0 N–H and O–H groups in total.